The van der Waals surface area contributed by atoms with Gasteiger partial charge in [0.25, 0.3) is 0 Å². The van der Waals surface area contributed by atoms with Crippen LogP contribution in [0.15, 0.2) is 12.1 Å². The van der Waals surface area contributed by atoms with Gasteiger partial charge in [-0.15, -0.1) is 0 Å². The molecule has 2 N–H and O–H groups in total. The van der Waals surface area contributed by atoms with E-state index in [2.05, 4.69) is 51.7 Å². The van der Waals surface area contributed by atoms with Crippen LogP contribution in [0.2, 0.25) is 0 Å². The number of nitrogens with two attached hydrogens (primary N) is 1. The lowest BCUT2D eigenvalue weighted by Gasteiger charge is -2.37. The van der Waals surface area contributed by atoms with Crippen LogP contribution < -0.4 is 5.73 Å². The molecular weight excluding hydrogens is 220 g/mol. The molecule has 0 saturated carbocycles. The fourth-order valence-corrected chi connectivity index (χ4v) is 2.64. The van der Waals surface area contributed by atoms with E-state index in [9.17, 15) is 0 Å². The third kappa shape index (κ3) is 2.76. The van der Waals surface area contributed by atoms with E-state index in [1.807, 2.05) is 0 Å². The van der Waals surface area contributed by atoms with E-state index in [0.29, 0.717) is 6.04 Å². The Kier molecular flexibility index (Phi) is 3.52. The van der Waals surface area contributed by atoms with E-state index in [0.717, 1.165) is 19.6 Å². The summed E-state index contributed by atoms with van der Waals surface area (Å²) in [5.41, 5.74) is 11.8. The second-order valence-electron chi connectivity index (χ2n) is 6.79. The van der Waals surface area contributed by atoms with Crippen LogP contribution in [-0.4, -0.2) is 24.0 Å². The van der Waals surface area contributed by atoms with Crippen LogP contribution in [0.4, 0.5) is 0 Å². The number of likely N-dealkylation sites (tertiary alicyclic amines) is 1. The molecule has 0 bridgehead atoms. The van der Waals surface area contributed by atoms with Crippen LogP contribution in [0.25, 0.3) is 0 Å². The molecule has 0 aliphatic carbocycles. The minimum Gasteiger partial charge on any atom is -0.325 e. The number of aryl methyl sites for hydroxylation is 2. The van der Waals surface area contributed by atoms with Gasteiger partial charge in [0.1, 0.15) is 0 Å². The Bertz CT molecular complexity index is 414. The summed E-state index contributed by atoms with van der Waals surface area (Å²) >= 11 is 0. The summed E-state index contributed by atoms with van der Waals surface area (Å²) in [5, 5.41) is 0. The number of nitrogens with zero attached hydrogens (tertiary/aromatic N) is 1. The summed E-state index contributed by atoms with van der Waals surface area (Å²) in [7, 11) is 0. The van der Waals surface area contributed by atoms with Crippen LogP contribution in [0.5, 0.6) is 0 Å². The third-order valence-electron chi connectivity index (χ3n) is 3.93. The van der Waals surface area contributed by atoms with Crippen molar-refractivity contribution >= 4 is 0 Å². The Balaban J connectivity index is 2.21. The Morgan fingerprint density at radius 1 is 1.17 bits per heavy atom. The maximum atomic E-state index is 5.84. The molecule has 0 amide bonds. The Labute approximate surface area is 111 Å². The molecule has 1 aromatic carbocycles. The van der Waals surface area contributed by atoms with Gasteiger partial charge in [0, 0.05) is 25.7 Å². The average Bonchev–Trinajstić information content (AvgIpc) is 2.18. The van der Waals surface area contributed by atoms with Gasteiger partial charge >= 0.3 is 0 Å². The monoisotopic (exact) mass is 246 g/mol. The molecule has 1 heterocycles. The van der Waals surface area contributed by atoms with Crippen molar-refractivity contribution in [1.29, 1.82) is 0 Å². The molecule has 0 spiro atoms. The van der Waals surface area contributed by atoms with Crippen LogP contribution in [-0.2, 0) is 12.0 Å². The van der Waals surface area contributed by atoms with Crippen LogP contribution >= 0.6 is 0 Å². The van der Waals surface area contributed by atoms with Gasteiger partial charge in [-0.25, -0.2) is 0 Å². The summed E-state index contributed by atoms with van der Waals surface area (Å²) in [5.74, 6) is 0. The van der Waals surface area contributed by atoms with E-state index in [-0.39, 0.29) is 5.41 Å². The summed E-state index contributed by atoms with van der Waals surface area (Å²) < 4.78 is 0. The molecule has 0 atom stereocenters. The molecule has 0 radical (unpaired) electrons. The predicted molar refractivity (Wildman–Crippen MR) is 77.9 cm³/mol. The molecule has 2 heteroatoms. The van der Waals surface area contributed by atoms with Gasteiger partial charge in [-0.2, -0.15) is 0 Å². The summed E-state index contributed by atoms with van der Waals surface area (Å²) in [6.45, 7) is 14.4. The maximum Gasteiger partial charge on any atom is 0.0297 e. The molecule has 18 heavy (non-hydrogen) atoms. The fraction of sp³-hybridized carbons (Fsp3) is 0.625. The quantitative estimate of drug-likeness (QED) is 0.869. The van der Waals surface area contributed by atoms with Gasteiger partial charge in [-0.1, -0.05) is 32.9 Å². The number of benzene rings is 1. The second-order valence-corrected chi connectivity index (χ2v) is 6.79. The van der Waals surface area contributed by atoms with Crippen molar-refractivity contribution in [3.05, 3.63) is 34.4 Å². The standard InChI is InChI=1S/C16H26N2/c1-11-6-13(16(3,4)5)7-12(2)15(11)10-18-8-14(17)9-18/h6-7,14H,8-10,17H2,1-5H3. The minimum absolute atomic E-state index is 0.229. The highest BCUT2D eigenvalue weighted by molar-refractivity contribution is 5.40. The van der Waals surface area contributed by atoms with Crippen molar-refractivity contribution in [2.24, 2.45) is 5.73 Å². The Morgan fingerprint density at radius 2 is 1.67 bits per heavy atom. The van der Waals surface area contributed by atoms with E-state index in [4.69, 9.17) is 5.73 Å². The van der Waals surface area contributed by atoms with Gasteiger partial charge in [0.15, 0.2) is 0 Å². The molecule has 1 aromatic rings. The Morgan fingerprint density at radius 3 is 2.06 bits per heavy atom. The van der Waals surface area contributed by atoms with Gasteiger partial charge in [0.05, 0.1) is 0 Å². The topological polar surface area (TPSA) is 29.3 Å². The largest absolute Gasteiger partial charge is 0.325 e. The average molecular weight is 246 g/mol. The summed E-state index contributed by atoms with van der Waals surface area (Å²) in [6, 6.07) is 5.09. The van der Waals surface area contributed by atoms with Crippen molar-refractivity contribution in [3.8, 4) is 0 Å². The molecule has 2 nitrogen and oxygen atoms in total. The first-order chi connectivity index (χ1) is 8.27. The zero-order valence-electron chi connectivity index (χ0n) is 12.4. The van der Waals surface area contributed by atoms with E-state index in [1.165, 1.54) is 22.3 Å². The van der Waals surface area contributed by atoms with Crippen molar-refractivity contribution < 1.29 is 0 Å². The molecule has 0 aromatic heterocycles. The summed E-state index contributed by atoms with van der Waals surface area (Å²) in [6.07, 6.45) is 0. The third-order valence-corrected chi connectivity index (χ3v) is 3.93. The minimum atomic E-state index is 0.229. The molecule has 1 aliphatic heterocycles. The van der Waals surface area contributed by atoms with Crippen molar-refractivity contribution in [3.63, 3.8) is 0 Å². The predicted octanol–water partition coefficient (Wildman–Crippen LogP) is 2.74. The van der Waals surface area contributed by atoms with E-state index >= 15 is 0 Å². The number of rotatable bonds is 2. The van der Waals surface area contributed by atoms with Crippen molar-refractivity contribution in [2.45, 2.75) is 52.6 Å². The zero-order valence-corrected chi connectivity index (χ0v) is 12.4. The smallest absolute Gasteiger partial charge is 0.0297 e. The fourth-order valence-electron chi connectivity index (χ4n) is 2.64. The molecule has 2 rings (SSSR count). The van der Waals surface area contributed by atoms with Crippen molar-refractivity contribution in [2.75, 3.05) is 13.1 Å². The first-order valence-electron chi connectivity index (χ1n) is 6.86. The molecule has 1 fully saturated rings. The number of hydrogen-bond donors (Lipinski definition) is 1. The van der Waals surface area contributed by atoms with E-state index in [1.54, 1.807) is 0 Å². The summed E-state index contributed by atoms with van der Waals surface area (Å²) in [4.78, 5) is 2.43. The molecule has 0 unspecified atom stereocenters. The lowest BCUT2D eigenvalue weighted by Crippen LogP contribution is -2.55. The first-order valence-corrected chi connectivity index (χ1v) is 6.86. The normalized spacial score (nSPS) is 17.9. The maximum absolute atomic E-state index is 5.84. The van der Waals surface area contributed by atoms with Gasteiger partial charge in [-0.3, -0.25) is 4.90 Å². The highest BCUT2D eigenvalue weighted by atomic mass is 15.2. The highest BCUT2D eigenvalue weighted by Gasteiger charge is 2.24. The lowest BCUT2D eigenvalue weighted by atomic mass is 9.83. The molecular formula is C16H26N2. The zero-order chi connectivity index (χ0) is 13.5. The van der Waals surface area contributed by atoms with Crippen LogP contribution in [0.1, 0.15) is 43.0 Å². The molecule has 1 saturated heterocycles. The highest BCUT2D eigenvalue weighted by Crippen LogP contribution is 2.28. The van der Waals surface area contributed by atoms with Gasteiger partial charge in [-0.05, 0) is 41.5 Å². The number of hydrogen-bond acceptors (Lipinski definition) is 2. The Hall–Kier alpha value is -0.860. The van der Waals surface area contributed by atoms with Gasteiger partial charge in [0.2, 0.25) is 0 Å². The molecule has 100 valence electrons. The van der Waals surface area contributed by atoms with Crippen molar-refractivity contribution in [1.82, 2.24) is 4.90 Å². The molecule has 1 aliphatic rings. The van der Waals surface area contributed by atoms with E-state index < -0.39 is 0 Å². The van der Waals surface area contributed by atoms with Gasteiger partial charge < -0.3 is 5.73 Å². The SMILES string of the molecule is Cc1cc(C(C)(C)C)cc(C)c1CN1CC(N)C1. The first kappa shape index (κ1) is 13.6. The lowest BCUT2D eigenvalue weighted by molar-refractivity contribution is 0.142. The van der Waals surface area contributed by atoms with Crippen LogP contribution in [0, 0.1) is 13.8 Å². The van der Waals surface area contributed by atoms with Crippen LogP contribution in [0.3, 0.4) is 0 Å². The second kappa shape index (κ2) is 4.67.